The van der Waals surface area contributed by atoms with Gasteiger partial charge in [0.1, 0.15) is 0 Å². The number of aliphatic hydroxyl groups excluding tert-OH is 1. The van der Waals surface area contributed by atoms with E-state index in [-0.39, 0.29) is 5.92 Å². The number of primary amides is 1. The molecule has 1 aliphatic carbocycles. The average molecular weight is 264 g/mol. The van der Waals surface area contributed by atoms with Crippen molar-refractivity contribution in [2.75, 3.05) is 11.9 Å². The van der Waals surface area contributed by atoms with E-state index in [2.05, 4.69) is 15.3 Å². The van der Waals surface area contributed by atoms with Crippen LogP contribution in [0.3, 0.4) is 0 Å². The summed E-state index contributed by atoms with van der Waals surface area (Å²) in [6.07, 6.45) is 5.38. The molecule has 1 aliphatic rings. The molecule has 1 aromatic heterocycles. The number of aliphatic hydroxyl groups is 1. The maximum absolute atomic E-state index is 11.4. The molecule has 1 fully saturated rings. The summed E-state index contributed by atoms with van der Waals surface area (Å²) in [5, 5.41) is 12.2. The van der Waals surface area contributed by atoms with Gasteiger partial charge >= 0.3 is 0 Å². The van der Waals surface area contributed by atoms with Crippen LogP contribution in [0.15, 0.2) is 6.20 Å². The van der Waals surface area contributed by atoms with Crippen LogP contribution in [0.5, 0.6) is 0 Å². The van der Waals surface area contributed by atoms with E-state index in [0.717, 1.165) is 31.4 Å². The minimum atomic E-state index is -0.482. The standard InChI is InChI=1S/C13H20N4O2/c1-8(18)6-15-13-16-7-10(12(14)19)11(17-13)9-4-2-3-5-9/h7-9,18H,2-6H2,1H3,(H2,14,19)(H,15,16,17)/t8-/m1/s1. The summed E-state index contributed by atoms with van der Waals surface area (Å²) in [7, 11) is 0. The molecule has 0 aromatic carbocycles. The maximum Gasteiger partial charge on any atom is 0.252 e. The highest BCUT2D eigenvalue weighted by Gasteiger charge is 2.24. The molecule has 1 saturated carbocycles. The number of hydrogen-bond donors (Lipinski definition) is 3. The number of rotatable bonds is 5. The van der Waals surface area contributed by atoms with Crippen molar-refractivity contribution in [3.8, 4) is 0 Å². The van der Waals surface area contributed by atoms with Crippen LogP contribution in [-0.2, 0) is 0 Å². The molecular formula is C13H20N4O2. The van der Waals surface area contributed by atoms with Crippen molar-refractivity contribution in [2.24, 2.45) is 5.73 Å². The summed E-state index contributed by atoms with van der Waals surface area (Å²) >= 11 is 0. The molecule has 0 unspecified atom stereocenters. The molecule has 0 bridgehead atoms. The Morgan fingerprint density at radius 3 is 2.84 bits per heavy atom. The van der Waals surface area contributed by atoms with Crippen LogP contribution in [0.2, 0.25) is 0 Å². The Labute approximate surface area is 112 Å². The Morgan fingerprint density at radius 2 is 2.26 bits per heavy atom. The summed E-state index contributed by atoms with van der Waals surface area (Å²) in [4.78, 5) is 19.9. The Morgan fingerprint density at radius 1 is 1.58 bits per heavy atom. The van der Waals surface area contributed by atoms with Gasteiger partial charge in [-0.25, -0.2) is 9.97 Å². The Bertz CT molecular complexity index is 456. The molecule has 0 saturated heterocycles. The van der Waals surface area contributed by atoms with Crippen molar-refractivity contribution < 1.29 is 9.90 Å². The second-order valence-corrected chi connectivity index (χ2v) is 5.07. The lowest BCUT2D eigenvalue weighted by molar-refractivity contribution is 0.0998. The fraction of sp³-hybridized carbons (Fsp3) is 0.615. The molecule has 1 atom stereocenters. The van der Waals surface area contributed by atoms with E-state index in [9.17, 15) is 9.90 Å². The second-order valence-electron chi connectivity index (χ2n) is 5.07. The van der Waals surface area contributed by atoms with Gasteiger partial charge in [-0.3, -0.25) is 4.79 Å². The number of anilines is 1. The van der Waals surface area contributed by atoms with Crippen LogP contribution < -0.4 is 11.1 Å². The zero-order chi connectivity index (χ0) is 13.8. The molecule has 1 amide bonds. The Hall–Kier alpha value is -1.69. The highest BCUT2D eigenvalue weighted by molar-refractivity contribution is 5.93. The molecule has 0 aliphatic heterocycles. The van der Waals surface area contributed by atoms with Gasteiger partial charge in [0, 0.05) is 18.7 Å². The normalized spacial score (nSPS) is 17.4. The van der Waals surface area contributed by atoms with Crippen molar-refractivity contribution in [2.45, 2.75) is 44.6 Å². The van der Waals surface area contributed by atoms with Crippen LogP contribution >= 0.6 is 0 Å². The molecule has 1 aromatic rings. The largest absolute Gasteiger partial charge is 0.392 e. The third-order valence-corrected chi connectivity index (χ3v) is 3.38. The van der Waals surface area contributed by atoms with E-state index in [1.54, 1.807) is 6.92 Å². The summed E-state index contributed by atoms with van der Waals surface area (Å²) in [6, 6.07) is 0. The molecule has 2 rings (SSSR count). The predicted molar refractivity (Wildman–Crippen MR) is 71.9 cm³/mol. The number of amides is 1. The van der Waals surface area contributed by atoms with Crippen molar-refractivity contribution in [1.82, 2.24) is 9.97 Å². The van der Waals surface area contributed by atoms with Gasteiger partial charge in [-0.05, 0) is 19.8 Å². The number of nitrogens with zero attached hydrogens (tertiary/aromatic N) is 2. The van der Waals surface area contributed by atoms with Gasteiger partial charge in [-0.1, -0.05) is 12.8 Å². The first-order valence-corrected chi connectivity index (χ1v) is 6.66. The van der Waals surface area contributed by atoms with Crippen LogP contribution in [0.1, 0.15) is 54.6 Å². The summed E-state index contributed by atoms with van der Waals surface area (Å²) in [5.41, 5.74) is 6.53. The highest BCUT2D eigenvalue weighted by atomic mass is 16.3. The molecular weight excluding hydrogens is 244 g/mol. The van der Waals surface area contributed by atoms with Gasteiger partial charge < -0.3 is 16.2 Å². The van der Waals surface area contributed by atoms with Gasteiger partial charge in [0.25, 0.3) is 5.91 Å². The SMILES string of the molecule is C[C@@H](O)CNc1ncc(C(N)=O)c(C2CCCC2)n1. The van der Waals surface area contributed by atoms with Crippen LogP contribution in [0.4, 0.5) is 5.95 Å². The van der Waals surface area contributed by atoms with Crippen molar-refractivity contribution in [1.29, 1.82) is 0 Å². The van der Waals surface area contributed by atoms with Crippen LogP contribution in [0.25, 0.3) is 0 Å². The lowest BCUT2D eigenvalue weighted by atomic mass is 9.99. The Kier molecular flexibility index (Phi) is 4.31. The molecule has 104 valence electrons. The average Bonchev–Trinajstić information content (AvgIpc) is 2.89. The monoisotopic (exact) mass is 264 g/mol. The molecule has 0 radical (unpaired) electrons. The third kappa shape index (κ3) is 3.41. The van der Waals surface area contributed by atoms with Gasteiger partial charge in [-0.2, -0.15) is 0 Å². The van der Waals surface area contributed by atoms with Crippen molar-refractivity contribution >= 4 is 11.9 Å². The minimum absolute atomic E-state index is 0.289. The summed E-state index contributed by atoms with van der Waals surface area (Å²) in [6.45, 7) is 2.06. The lowest BCUT2D eigenvalue weighted by Gasteiger charge is -2.14. The van der Waals surface area contributed by atoms with Gasteiger partial charge in [0.15, 0.2) is 0 Å². The van der Waals surface area contributed by atoms with E-state index in [1.165, 1.54) is 6.20 Å². The molecule has 0 spiro atoms. The van der Waals surface area contributed by atoms with E-state index < -0.39 is 12.0 Å². The highest BCUT2D eigenvalue weighted by Crippen LogP contribution is 2.34. The first-order valence-electron chi connectivity index (χ1n) is 6.66. The van der Waals surface area contributed by atoms with E-state index in [1.807, 2.05) is 0 Å². The zero-order valence-electron chi connectivity index (χ0n) is 11.1. The summed E-state index contributed by atoms with van der Waals surface area (Å²) < 4.78 is 0. The smallest absolute Gasteiger partial charge is 0.252 e. The quantitative estimate of drug-likeness (QED) is 0.737. The van der Waals surface area contributed by atoms with Crippen molar-refractivity contribution in [3.05, 3.63) is 17.5 Å². The molecule has 19 heavy (non-hydrogen) atoms. The lowest BCUT2D eigenvalue weighted by Crippen LogP contribution is -2.20. The van der Waals surface area contributed by atoms with E-state index >= 15 is 0 Å². The van der Waals surface area contributed by atoms with E-state index in [0.29, 0.717) is 18.1 Å². The number of carbonyl (C=O) groups is 1. The predicted octanol–water partition coefficient (Wildman–Crippen LogP) is 1.03. The summed E-state index contributed by atoms with van der Waals surface area (Å²) in [5.74, 6) is 0.245. The van der Waals surface area contributed by atoms with Gasteiger partial charge in [0.2, 0.25) is 5.95 Å². The number of nitrogens with one attached hydrogen (secondary N) is 1. The second kappa shape index (κ2) is 5.97. The number of aromatic nitrogens is 2. The first kappa shape index (κ1) is 13.7. The Balaban J connectivity index is 2.24. The van der Waals surface area contributed by atoms with Gasteiger partial charge in [0.05, 0.1) is 17.4 Å². The third-order valence-electron chi connectivity index (χ3n) is 3.38. The number of hydrogen-bond acceptors (Lipinski definition) is 5. The molecule has 6 heteroatoms. The topological polar surface area (TPSA) is 101 Å². The zero-order valence-corrected chi connectivity index (χ0v) is 11.1. The van der Waals surface area contributed by atoms with E-state index in [4.69, 9.17) is 5.73 Å². The van der Waals surface area contributed by atoms with Crippen molar-refractivity contribution in [3.63, 3.8) is 0 Å². The van der Waals surface area contributed by atoms with Gasteiger partial charge in [-0.15, -0.1) is 0 Å². The number of carbonyl (C=O) groups excluding carboxylic acids is 1. The van der Waals surface area contributed by atoms with Crippen LogP contribution in [0, 0.1) is 0 Å². The fourth-order valence-electron chi connectivity index (χ4n) is 2.42. The maximum atomic E-state index is 11.4. The molecule has 6 nitrogen and oxygen atoms in total. The molecule has 4 N–H and O–H groups in total. The molecule has 1 heterocycles. The number of nitrogens with two attached hydrogens (primary N) is 1. The first-order chi connectivity index (χ1) is 9.08. The minimum Gasteiger partial charge on any atom is -0.392 e. The van der Waals surface area contributed by atoms with Crippen LogP contribution in [-0.4, -0.2) is 33.6 Å². The fourth-order valence-corrected chi connectivity index (χ4v) is 2.42.